The molecule has 108 valence electrons. The lowest BCUT2D eigenvalue weighted by Crippen LogP contribution is -2.24. The zero-order valence-electron chi connectivity index (χ0n) is 12.0. The standard InChI is InChI=1S/C16H21NO3/c1-3-18-14-6-4-7-15(12-14)19-11-9-17-13(2)16-8-5-10-20-16/h4-8,10,12-13,17H,3,9,11H2,1-2H3. The molecule has 0 aliphatic rings. The third kappa shape index (κ3) is 4.31. The predicted octanol–water partition coefficient (Wildman–Crippen LogP) is 3.41. The minimum Gasteiger partial charge on any atom is -0.494 e. The van der Waals surface area contributed by atoms with Gasteiger partial charge in [-0.25, -0.2) is 0 Å². The second-order valence-corrected chi connectivity index (χ2v) is 4.45. The van der Waals surface area contributed by atoms with E-state index in [1.807, 2.05) is 43.3 Å². The van der Waals surface area contributed by atoms with Crippen LogP contribution in [0.3, 0.4) is 0 Å². The van der Waals surface area contributed by atoms with E-state index < -0.39 is 0 Å². The van der Waals surface area contributed by atoms with Crippen LogP contribution in [0, 0.1) is 0 Å². The average molecular weight is 275 g/mol. The maximum Gasteiger partial charge on any atom is 0.123 e. The molecule has 2 aromatic rings. The van der Waals surface area contributed by atoms with Gasteiger partial charge in [0.05, 0.1) is 18.9 Å². The third-order valence-electron chi connectivity index (χ3n) is 2.91. The van der Waals surface area contributed by atoms with Crippen molar-refractivity contribution >= 4 is 0 Å². The first-order valence-electron chi connectivity index (χ1n) is 6.92. The van der Waals surface area contributed by atoms with Gasteiger partial charge in [0.15, 0.2) is 0 Å². The summed E-state index contributed by atoms with van der Waals surface area (Å²) in [5.41, 5.74) is 0. The summed E-state index contributed by atoms with van der Waals surface area (Å²) in [5.74, 6) is 2.59. The summed E-state index contributed by atoms with van der Waals surface area (Å²) in [6.45, 7) is 6.04. The van der Waals surface area contributed by atoms with E-state index in [9.17, 15) is 0 Å². The molecule has 0 fully saturated rings. The molecular weight excluding hydrogens is 254 g/mol. The molecule has 1 unspecified atom stereocenters. The fourth-order valence-corrected chi connectivity index (χ4v) is 1.90. The van der Waals surface area contributed by atoms with Gasteiger partial charge < -0.3 is 19.2 Å². The largest absolute Gasteiger partial charge is 0.494 e. The summed E-state index contributed by atoms with van der Waals surface area (Å²) in [6.07, 6.45) is 1.68. The monoisotopic (exact) mass is 275 g/mol. The number of hydrogen-bond donors (Lipinski definition) is 1. The van der Waals surface area contributed by atoms with Crippen LogP contribution < -0.4 is 14.8 Å². The molecule has 1 N–H and O–H groups in total. The van der Waals surface area contributed by atoms with Crippen molar-refractivity contribution in [1.82, 2.24) is 5.32 Å². The molecule has 0 saturated heterocycles. The van der Waals surface area contributed by atoms with Crippen LogP contribution in [0.4, 0.5) is 0 Å². The molecule has 4 nitrogen and oxygen atoms in total. The zero-order chi connectivity index (χ0) is 14.2. The molecule has 20 heavy (non-hydrogen) atoms. The highest BCUT2D eigenvalue weighted by atomic mass is 16.5. The first-order chi connectivity index (χ1) is 9.79. The minimum absolute atomic E-state index is 0.184. The Bertz CT molecular complexity index is 496. The fourth-order valence-electron chi connectivity index (χ4n) is 1.90. The zero-order valence-corrected chi connectivity index (χ0v) is 12.0. The Hall–Kier alpha value is -1.94. The van der Waals surface area contributed by atoms with Gasteiger partial charge in [-0.2, -0.15) is 0 Å². The van der Waals surface area contributed by atoms with E-state index >= 15 is 0 Å². The molecule has 1 heterocycles. The molecule has 0 amide bonds. The predicted molar refractivity (Wildman–Crippen MR) is 78.2 cm³/mol. The lowest BCUT2D eigenvalue weighted by atomic mass is 10.2. The van der Waals surface area contributed by atoms with E-state index in [0.29, 0.717) is 13.2 Å². The van der Waals surface area contributed by atoms with E-state index in [1.54, 1.807) is 6.26 Å². The highest BCUT2D eigenvalue weighted by molar-refractivity contribution is 5.32. The topological polar surface area (TPSA) is 43.6 Å². The normalized spacial score (nSPS) is 12.1. The maximum absolute atomic E-state index is 5.69. The van der Waals surface area contributed by atoms with Gasteiger partial charge in [-0.15, -0.1) is 0 Å². The SMILES string of the molecule is CCOc1cccc(OCCNC(C)c2ccco2)c1. The Labute approximate surface area is 119 Å². The number of hydrogen-bond acceptors (Lipinski definition) is 4. The summed E-state index contributed by atoms with van der Waals surface area (Å²) < 4.78 is 16.5. The average Bonchev–Trinajstić information content (AvgIpc) is 2.98. The van der Waals surface area contributed by atoms with Gasteiger partial charge in [-0.1, -0.05) is 6.07 Å². The molecule has 1 atom stereocenters. The number of benzene rings is 1. The van der Waals surface area contributed by atoms with Crippen molar-refractivity contribution < 1.29 is 13.9 Å². The summed E-state index contributed by atoms with van der Waals surface area (Å²) >= 11 is 0. The van der Waals surface area contributed by atoms with Crippen molar-refractivity contribution in [3.05, 3.63) is 48.4 Å². The Kier molecular flexibility index (Phi) is 5.50. The van der Waals surface area contributed by atoms with Crippen LogP contribution in [0.2, 0.25) is 0 Å². The van der Waals surface area contributed by atoms with E-state index in [0.717, 1.165) is 23.8 Å². The molecule has 4 heteroatoms. The van der Waals surface area contributed by atoms with Crippen LogP contribution >= 0.6 is 0 Å². The van der Waals surface area contributed by atoms with E-state index in [4.69, 9.17) is 13.9 Å². The van der Waals surface area contributed by atoms with E-state index in [1.165, 1.54) is 0 Å². The molecule has 0 aliphatic heterocycles. The molecular formula is C16H21NO3. The maximum atomic E-state index is 5.69. The first-order valence-corrected chi connectivity index (χ1v) is 6.92. The molecule has 2 rings (SSSR count). The Morgan fingerprint density at radius 3 is 2.65 bits per heavy atom. The lowest BCUT2D eigenvalue weighted by molar-refractivity contribution is 0.297. The summed E-state index contributed by atoms with van der Waals surface area (Å²) in [6, 6.07) is 11.7. The fraction of sp³-hybridized carbons (Fsp3) is 0.375. The van der Waals surface area contributed by atoms with Crippen molar-refractivity contribution in [2.24, 2.45) is 0 Å². The summed E-state index contributed by atoms with van der Waals surface area (Å²) in [4.78, 5) is 0. The molecule has 0 saturated carbocycles. The van der Waals surface area contributed by atoms with Gasteiger partial charge in [0.2, 0.25) is 0 Å². The highest BCUT2D eigenvalue weighted by Gasteiger charge is 2.06. The minimum atomic E-state index is 0.184. The van der Waals surface area contributed by atoms with Crippen molar-refractivity contribution in [3.63, 3.8) is 0 Å². The van der Waals surface area contributed by atoms with E-state index in [-0.39, 0.29) is 6.04 Å². The smallest absolute Gasteiger partial charge is 0.123 e. The van der Waals surface area contributed by atoms with Crippen LogP contribution in [-0.4, -0.2) is 19.8 Å². The van der Waals surface area contributed by atoms with Crippen molar-refractivity contribution in [2.75, 3.05) is 19.8 Å². The van der Waals surface area contributed by atoms with E-state index in [2.05, 4.69) is 12.2 Å². The van der Waals surface area contributed by atoms with Gasteiger partial charge in [-0.3, -0.25) is 0 Å². The number of rotatable bonds is 8. The first kappa shape index (κ1) is 14.5. The van der Waals surface area contributed by atoms with Crippen LogP contribution in [0.1, 0.15) is 25.6 Å². The molecule has 0 radical (unpaired) electrons. The van der Waals surface area contributed by atoms with Crippen LogP contribution in [0.15, 0.2) is 47.1 Å². The number of ether oxygens (including phenoxy) is 2. The lowest BCUT2D eigenvalue weighted by Gasteiger charge is -2.12. The summed E-state index contributed by atoms with van der Waals surface area (Å²) in [5, 5.41) is 3.35. The van der Waals surface area contributed by atoms with Gasteiger partial charge >= 0.3 is 0 Å². The number of furan rings is 1. The van der Waals surface area contributed by atoms with Crippen molar-refractivity contribution in [2.45, 2.75) is 19.9 Å². The Morgan fingerprint density at radius 2 is 1.95 bits per heavy atom. The van der Waals surface area contributed by atoms with Gasteiger partial charge in [0.1, 0.15) is 23.9 Å². The van der Waals surface area contributed by atoms with Crippen LogP contribution in [0.25, 0.3) is 0 Å². The van der Waals surface area contributed by atoms with Gasteiger partial charge in [-0.05, 0) is 38.1 Å². The second kappa shape index (κ2) is 7.60. The van der Waals surface area contributed by atoms with Crippen LogP contribution in [-0.2, 0) is 0 Å². The number of nitrogens with one attached hydrogen (secondary N) is 1. The summed E-state index contributed by atoms with van der Waals surface area (Å²) in [7, 11) is 0. The van der Waals surface area contributed by atoms with Crippen molar-refractivity contribution in [3.8, 4) is 11.5 Å². The molecule has 0 spiro atoms. The second-order valence-electron chi connectivity index (χ2n) is 4.45. The Morgan fingerprint density at radius 1 is 1.15 bits per heavy atom. The van der Waals surface area contributed by atoms with Crippen LogP contribution in [0.5, 0.6) is 11.5 Å². The quantitative estimate of drug-likeness (QED) is 0.750. The highest BCUT2D eigenvalue weighted by Crippen LogP contribution is 2.19. The van der Waals surface area contributed by atoms with Crippen molar-refractivity contribution in [1.29, 1.82) is 0 Å². The third-order valence-corrected chi connectivity index (χ3v) is 2.91. The molecule has 0 bridgehead atoms. The van der Waals surface area contributed by atoms with Gasteiger partial charge in [0.25, 0.3) is 0 Å². The Balaban J connectivity index is 1.71. The van der Waals surface area contributed by atoms with Gasteiger partial charge in [0, 0.05) is 12.6 Å². The molecule has 0 aliphatic carbocycles. The molecule has 1 aromatic heterocycles. The molecule has 1 aromatic carbocycles.